The van der Waals surface area contributed by atoms with Gasteiger partial charge in [-0.1, -0.05) is 84.9 Å². The van der Waals surface area contributed by atoms with Crippen LogP contribution in [-0.4, -0.2) is 46.1 Å². The molecular weight excluding hydrogens is 460 g/mol. The van der Waals surface area contributed by atoms with E-state index in [-0.39, 0.29) is 11.6 Å². The van der Waals surface area contributed by atoms with Gasteiger partial charge >= 0.3 is 5.69 Å². The van der Waals surface area contributed by atoms with Crippen LogP contribution in [0.4, 0.5) is 0 Å². The van der Waals surface area contributed by atoms with Gasteiger partial charge in [-0.25, -0.2) is 4.79 Å². The van der Waals surface area contributed by atoms with Crippen LogP contribution in [0.1, 0.15) is 16.1 Å². The topological polar surface area (TPSA) is 59.3 Å². The van der Waals surface area contributed by atoms with Crippen LogP contribution in [0.2, 0.25) is 0 Å². The van der Waals surface area contributed by atoms with Crippen molar-refractivity contribution in [3.8, 4) is 16.9 Å². The fourth-order valence-corrected chi connectivity index (χ4v) is 5.13. The number of nitrogens with zero attached hydrogens (tertiary/aromatic N) is 3. The lowest BCUT2D eigenvalue weighted by molar-refractivity contribution is 0.0726. The molecule has 1 saturated heterocycles. The van der Waals surface area contributed by atoms with Crippen LogP contribution in [0, 0.1) is 0 Å². The number of aromatic nitrogens is 2. The molecule has 0 radical (unpaired) electrons. The molecule has 5 aromatic rings. The SMILES string of the molecule is O=C(c1c(-c2ccccc2)n(-c2ccccc2)c(=O)n1Cc1ccc2ccccc2c1)N1CCNCC1. The van der Waals surface area contributed by atoms with Crippen LogP contribution in [0.3, 0.4) is 0 Å². The zero-order valence-corrected chi connectivity index (χ0v) is 20.5. The zero-order chi connectivity index (χ0) is 25.2. The zero-order valence-electron chi connectivity index (χ0n) is 20.5. The largest absolute Gasteiger partial charge is 0.335 e. The van der Waals surface area contributed by atoms with E-state index in [1.54, 1.807) is 9.13 Å². The summed E-state index contributed by atoms with van der Waals surface area (Å²) in [7, 11) is 0. The van der Waals surface area contributed by atoms with Crippen LogP contribution in [0.15, 0.2) is 108 Å². The molecule has 1 aliphatic rings. The normalized spacial score (nSPS) is 13.7. The number of carbonyl (C=O) groups is 1. The van der Waals surface area contributed by atoms with Crippen molar-refractivity contribution in [2.24, 2.45) is 0 Å². The molecule has 184 valence electrons. The number of amides is 1. The summed E-state index contributed by atoms with van der Waals surface area (Å²) in [6.07, 6.45) is 0. The van der Waals surface area contributed by atoms with Gasteiger partial charge < -0.3 is 10.2 Å². The first-order valence-corrected chi connectivity index (χ1v) is 12.6. The van der Waals surface area contributed by atoms with E-state index in [2.05, 4.69) is 29.6 Å². The van der Waals surface area contributed by atoms with E-state index >= 15 is 0 Å². The molecule has 1 fully saturated rings. The van der Waals surface area contributed by atoms with E-state index in [1.165, 1.54) is 0 Å². The Morgan fingerprint density at radius 1 is 0.757 bits per heavy atom. The van der Waals surface area contributed by atoms with E-state index in [1.807, 2.05) is 83.8 Å². The number of piperazine rings is 1. The van der Waals surface area contributed by atoms with Crippen molar-refractivity contribution in [1.82, 2.24) is 19.4 Å². The standard InChI is InChI=1S/C31H28N4O2/c36-30(33-19-17-32-18-20-33)29-28(25-10-3-1-4-11-25)35(27-13-5-2-6-14-27)31(37)34(29)22-23-15-16-24-9-7-8-12-26(24)21-23/h1-16,21,32H,17-20,22H2. The Morgan fingerprint density at radius 2 is 1.41 bits per heavy atom. The van der Waals surface area contributed by atoms with Gasteiger partial charge in [-0.3, -0.25) is 13.9 Å². The summed E-state index contributed by atoms with van der Waals surface area (Å²) in [5.74, 6) is -0.118. The van der Waals surface area contributed by atoms with Crippen LogP contribution >= 0.6 is 0 Å². The summed E-state index contributed by atoms with van der Waals surface area (Å²) in [4.78, 5) is 30.2. The fraction of sp³-hybridized carbons (Fsp3) is 0.161. The lowest BCUT2D eigenvalue weighted by Crippen LogP contribution is -2.47. The second-order valence-corrected chi connectivity index (χ2v) is 9.33. The molecule has 37 heavy (non-hydrogen) atoms. The average molecular weight is 489 g/mol. The van der Waals surface area contributed by atoms with Gasteiger partial charge in [-0.15, -0.1) is 0 Å². The number of nitrogens with one attached hydrogen (secondary N) is 1. The summed E-state index contributed by atoms with van der Waals surface area (Å²) in [5.41, 5.74) is 3.37. The van der Waals surface area contributed by atoms with Crippen molar-refractivity contribution in [3.63, 3.8) is 0 Å². The average Bonchev–Trinajstić information content (AvgIpc) is 3.25. The molecule has 0 aliphatic carbocycles. The van der Waals surface area contributed by atoms with Crippen molar-refractivity contribution in [1.29, 1.82) is 0 Å². The molecule has 1 aliphatic heterocycles. The van der Waals surface area contributed by atoms with Gasteiger partial charge in [0.15, 0.2) is 0 Å². The first-order valence-electron chi connectivity index (χ1n) is 12.6. The predicted molar refractivity (Wildman–Crippen MR) is 147 cm³/mol. The number of benzene rings is 4. The van der Waals surface area contributed by atoms with Crippen molar-refractivity contribution in [2.75, 3.05) is 26.2 Å². The highest BCUT2D eigenvalue weighted by molar-refractivity contribution is 5.99. The summed E-state index contributed by atoms with van der Waals surface area (Å²) in [6, 6.07) is 33.7. The molecule has 0 spiro atoms. The smallest absolute Gasteiger partial charge is 0.334 e. The Kier molecular flexibility index (Phi) is 6.16. The number of hydrogen-bond donors (Lipinski definition) is 1. The van der Waals surface area contributed by atoms with Crippen molar-refractivity contribution < 1.29 is 4.79 Å². The Balaban J connectivity index is 1.59. The molecular formula is C31H28N4O2. The highest BCUT2D eigenvalue weighted by Gasteiger charge is 2.30. The summed E-state index contributed by atoms with van der Waals surface area (Å²) < 4.78 is 3.34. The predicted octanol–water partition coefficient (Wildman–Crippen LogP) is 4.55. The van der Waals surface area contributed by atoms with Gasteiger partial charge in [0.25, 0.3) is 5.91 Å². The van der Waals surface area contributed by atoms with Gasteiger partial charge in [-0.05, 0) is 34.5 Å². The number of para-hydroxylation sites is 1. The Bertz CT molecular complexity index is 1610. The third-order valence-corrected chi connectivity index (χ3v) is 6.96. The third kappa shape index (κ3) is 4.36. The number of imidazole rings is 1. The molecule has 2 heterocycles. The van der Waals surface area contributed by atoms with Gasteiger partial charge in [-0.2, -0.15) is 0 Å². The van der Waals surface area contributed by atoms with Crippen LogP contribution in [0.25, 0.3) is 27.7 Å². The first kappa shape index (κ1) is 23.0. The van der Waals surface area contributed by atoms with Gasteiger partial charge in [0, 0.05) is 31.7 Å². The first-order chi connectivity index (χ1) is 18.2. The van der Waals surface area contributed by atoms with Crippen LogP contribution in [0.5, 0.6) is 0 Å². The third-order valence-electron chi connectivity index (χ3n) is 6.96. The lowest BCUT2D eigenvalue weighted by Gasteiger charge is -2.28. The second kappa shape index (κ2) is 9.91. The molecule has 6 nitrogen and oxygen atoms in total. The molecule has 0 unspecified atom stereocenters. The second-order valence-electron chi connectivity index (χ2n) is 9.33. The fourth-order valence-electron chi connectivity index (χ4n) is 5.13. The molecule has 1 amide bonds. The number of fused-ring (bicyclic) bond motifs is 1. The Morgan fingerprint density at radius 3 is 2.14 bits per heavy atom. The Hall–Kier alpha value is -4.42. The van der Waals surface area contributed by atoms with Crippen LogP contribution in [-0.2, 0) is 6.54 Å². The van der Waals surface area contributed by atoms with Gasteiger partial charge in [0.1, 0.15) is 5.69 Å². The van der Waals surface area contributed by atoms with Crippen LogP contribution < -0.4 is 11.0 Å². The van der Waals surface area contributed by atoms with Crippen molar-refractivity contribution >= 4 is 16.7 Å². The minimum Gasteiger partial charge on any atom is -0.335 e. The Labute approximate surface area is 215 Å². The number of rotatable bonds is 5. The molecule has 0 atom stereocenters. The molecule has 0 bridgehead atoms. The molecule has 4 aromatic carbocycles. The van der Waals surface area contributed by atoms with Crippen molar-refractivity contribution in [2.45, 2.75) is 6.54 Å². The number of hydrogen-bond acceptors (Lipinski definition) is 3. The maximum atomic E-state index is 14.2. The van der Waals surface area contributed by atoms with E-state index in [4.69, 9.17) is 0 Å². The number of carbonyl (C=O) groups excluding carboxylic acids is 1. The summed E-state index contributed by atoms with van der Waals surface area (Å²) in [6.45, 7) is 2.99. The summed E-state index contributed by atoms with van der Waals surface area (Å²) >= 11 is 0. The van der Waals surface area contributed by atoms with E-state index in [0.29, 0.717) is 31.0 Å². The molecule has 1 aromatic heterocycles. The molecule has 6 rings (SSSR count). The quantitative estimate of drug-likeness (QED) is 0.395. The van der Waals surface area contributed by atoms with E-state index in [0.717, 1.165) is 40.7 Å². The highest BCUT2D eigenvalue weighted by Crippen LogP contribution is 2.28. The van der Waals surface area contributed by atoms with E-state index in [9.17, 15) is 9.59 Å². The maximum absolute atomic E-state index is 14.2. The molecule has 0 saturated carbocycles. The van der Waals surface area contributed by atoms with E-state index < -0.39 is 0 Å². The van der Waals surface area contributed by atoms with Crippen molar-refractivity contribution in [3.05, 3.63) is 125 Å². The van der Waals surface area contributed by atoms with Gasteiger partial charge in [0.2, 0.25) is 0 Å². The molecule has 6 heteroatoms. The molecule has 1 N–H and O–H groups in total. The summed E-state index contributed by atoms with van der Waals surface area (Å²) in [5, 5.41) is 5.56. The monoisotopic (exact) mass is 488 g/mol. The minimum atomic E-state index is -0.225. The van der Waals surface area contributed by atoms with Gasteiger partial charge in [0.05, 0.1) is 17.9 Å². The maximum Gasteiger partial charge on any atom is 0.334 e. The minimum absolute atomic E-state index is 0.118. The highest BCUT2D eigenvalue weighted by atomic mass is 16.2. The lowest BCUT2D eigenvalue weighted by atomic mass is 10.1.